The molecule has 0 bridgehead atoms. The number of halogens is 1. The Morgan fingerprint density at radius 3 is 2.57 bits per heavy atom. The molecular weight excluding hydrogens is 613 g/mol. The lowest BCUT2D eigenvalue weighted by Gasteiger charge is -2.15. The molecule has 1 fully saturated rings. The highest BCUT2D eigenvalue weighted by Gasteiger charge is 2.32. The summed E-state index contributed by atoms with van der Waals surface area (Å²) in [5, 5.41) is 2.35. The van der Waals surface area contributed by atoms with Gasteiger partial charge in [0.2, 0.25) is 0 Å². The van der Waals surface area contributed by atoms with Gasteiger partial charge in [0.1, 0.15) is 10.9 Å². The molecule has 0 aliphatic carbocycles. The number of carbonyl (C=O) groups excluding carboxylic acids is 1. The third-order valence-electron chi connectivity index (χ3n) is 6.14. The van der Waals surface area contributed by atoms with Gasteiger partial charge in [-0.1, -0.05) is 96.3 Å². The summed E-state index contributed by atoms with van der Waals surface area (Å²) in [7, 11) is 1.63. The Bertz CT molecular complexity index is 1530. The van der Waals surface area contributed by atoms with E-state index in [9.17, 15) is 4.79 Å². The lowest BCUT2D eigenvalue weighted by Crippen LogP contribution is -2.27. The van der Waals surface area contributed by atoms with E-state index in [2.05, 4.69) is 46.9 Å². The SMILES string of the molecule is COc1cc(/C=C2\SC(=S)N(Cc3ccc(C)cc3)C2=O)cc(I)c1OCc1cccc2ccccc12. The van der Waals surface area contributed by atoms with Crippen LogP contribution in [-0.2, 0) is 17.9 Å². The second-order valence-corrected chi connectivity index (χ2v) is 11.6. The van der Waals surface area contributed by atoms with Gasteiger partial charge in [-0.3, -0.25) is 9.69 Å². The second kappa shape index (κ2) is 11.2. The number of methoxy groups -OCH3 is 1. The van der Waals surface area contributed by atoms with Gasteiger partial charge in [-0.2, -0.15) is 0 Å². The predicted molar refractivity (Wildman–Crippen MR) is 164 cm³/mol. The molecule has 0 saturated carbocycles. The average Bonchev–Trinajstić information content (AvgIpc) is 3.16. The molecule has 1 amide bonds. The molecule has 1 aliphatic heterocycles. The number of amides is 1. The standard InChI is InChI=1S/C30H24INO3S2/c1-19-10-12-20(13-11-19)17-32-29(33)27(37-30(32)36)16-21-14-25(31)28(26(15-21)34-2)35-18-23-8-5-7-22-6-3-4-9-24(22)23/h3-16H,17-18H2,1-2H3/b27-16-. The minimum Gasteiger partial charge on any atom is -0.493 e. The summed E-state index contributed by atoms with van der Waals surface area (Å²) in [4.78, 5) is 15.4. The maximum absolute atomic E-state index is 13.2. The molecule has 0 atom stereocenters. The number of thiocarbonyl (C=S) groups is 1. The molecule has 1 aliphatic rings. The summed E-state index contributed by atoms with van der Waals surface area (Å²) in [6, 6.07) is 26.5. The zero-order chi connectivity index (χ0) is 25.9. The van der Waals surface area contributed by atoms with Crippen LogP contribution in [0.5, 0.6) is 11.5 Å². The molecule has 0 N–H and O–H groups in total. The van der Waals surface area contributed by atoms with Crippen LogP contribution in [0.25, 0.3) is 16.8 Å². The highest BCUT2D eigenvalue weighted by atomic mass is 127. The highest BCUT2D eigenvalue weighted by Crippen LogP contribution is 2.38. The number of rotatable bonds is 7. The summed E-state index contributed by atoms with van der Waals surface area (Å²) < 4.78 is 13.4. The maximum atomic E-state index is 13.2. The van der Waals surface area contributed by atoms with Gasteiger partial charge in [0, 0.05) is 0 Å². The van der Waals surface area contributed by atoms with Gasteiger partial charge in [-0.15, -0.1) is 0 Å². The Morgan fingerprint density at radius 1 is 1.03 bits per heavy atom. The van der Waals surface area contributed by atoms with Crippen LogP contribution in [-0.4, -0.2) is 22.2 Å². The van der Waals surface area contributed by atoms with Crippen molar-refractivity contribution in [3.05, 3.63) is 110 Å². The topological polar surface area (TPSA) is 38.8 Å². The third kappa shape index (κ3) is 5.68. The van der Waals surface area contributed by atoms with E-state index >= 15 is 0 Å². The van der Waals surface area contributed by atoms with Crippen molar-refractivity contribution in [2.24, 2.45) is 0 Å². The lowest BCUT2D eigenvalue weighted by atomic mass is 10.1. The van der Waals surface area contributed by atoms with Crippen molar-refractivity contribution in [3.8, 4) is 11.5 Å². The lowest BCUT2D eigenvalue weighted by molar-refractivity contribution is -0.122. The van der Waals surface area contributed by atoms with Crippen LogP contribution in [0.2, 0.25) is 0 Å². The minimum atomic E-state index is -0.0826. The van der Waals surface area contributed by atoms with Gasteiger partial charge in [-0.25, -0.2) is 0 Å². The first kappa shape index (κ1) is 25.8. The van der Waals surface area contributed by atoms with Crippen molar-refractivity contribution in [2.45, 2.75) is 20.1 Å². The van der Waals surface area contributed by atoms with Gasteiger partial charge < -0.3 is 9.47 Å². The van der Waals surface area contributed by atoms with Gasteiger partial charge in [-0.05, 0) is 75.2 Å². The maximum Gasteiger partial charge on any atom is 0.266 e. The van der Waals surface area contributed by atoms with E-state index in [4.69, 9.17) is 21.7 Å². The quantitative estimate of drug-likeness (QED) is 0.118. The van der Waals surface area contributed by atoms with E-state index < -0.39 is 0 Å². The number of thioether (sulfide) groups is 1. The van der Waals surface area contributed by atoms with Gasteiger partial charge in [0.25, 0.3) is 5.91 Å². The van der Waals surface area contributed by atoms with Crippen LogP contribution < -0.4 is 9.47 Å². The van der Waals surface area contributed by atoms with Gasteiger partial charge >= 0.3 is 0 Å². The van der Waals surface area contributed by atoms with E-state index in [0.29, 0.717) is 33.9 Å². The molecule has 0 unspecified atom stereocenters. The van der Waals surface area contributed by atoms with Gasteiger partial charge in [0.05, 0.1) is 22.1 Å². The summed E-state index contributed by atoms with van der Waals surface area (Å²) in [5.74, 6) is 1.22. The first-order chi connectivity index (χ1) is 17.9. The molecule has 7 heteroatoms. The number of nitrogens with zero attached hydrogens (tertiary/aromatic N) is 1. The Hall–Kier alpha value is -2.88. The normalized spacial score (nSPS) is 14.6. The zero-order valence-corrected chi connectivity index (χ0v) is 24.2. The second-order valence-electron chi connectivity index (χ2n) is 8.71. The Balaban J connectivity index is 1.36. The molecule has 0 aromatic heterocycles. The Kier molecular flexibility index (Phi) is 7.83. The van der Waals surface area contributed by atoms with E-state index in [-0.39, 0.29) is 5.91 Å². The third-order valence-corrected chi connectivity index (χ3v) is 8.32. The molecular formula is C30H24INO3S2. The smallest absolute Gasteiger partial charge is 0.266 e. The van der Waals surface area contributed by atoms with E-state index in [1.165, 1.54) is 28.1 Å². The summed E-state index contributed by atoms with van der Waals surface area (Å²) in [6.07, 6.45) is 1.87. The van der Waals surface area contributed by atoms with Crippen LogP contribution in [0.1, 0.15) is 22.3 Å². The van der Waals surface area contributed by atoms with Crippen LogP contribution in [0.15, 0.2) is 83.8 Å². The van der Waals surface area contributed by atoms with Crippen LogP contribution in [0.3, 0.4) is 0 Å². The first-order valence-corrected chi connectivity index (χ1v) is 14.0. The van der Waals surface area contributed by atoms with Crippen molar-refractivity contribution in [3.63, 3.8) is 0 Å². The van der Waals surface area contributed by atoms with Crippen molar-refractivity contribution in [1.29, 1.82) is 0 Å². The molecule has 5 rings (SSSR count). The largest absolute Gasteiger partial charge is 0.493 e. The molecule has 186 valence electrons. The molecule has 4 nitrogen and oxygen atoms in total. The predicted octanol–water partition coefficient (Wildman–Crippen LogP) is 7.74. The van der Waals surface area contributed by atoms with Crippen molar-refractivity contribution in [1.82, 2.24) is 4.90 Å². The Morgan fingerprint density at radius 2 is 1.78 bits per heavy atom. The Labute approximate surface area is 239 Å². The number of ether oxygens (including phenoxy) is 2. The number of carbonyl (C=O) groups is 1. The number of aryl methyl sites for hydroxylation is 1. The van der Waals surface area contributed by atoms with Crippen LogP contribution >= 0.6 is 46.6 Å². The fourth-order valence-electron chi connectivity index (χ4n) is 4.20. The summed E-state index contributed by atoms with van der Waals surface area (Å²) >= 11 is 9.10. The minimum absolute atomic E-state index is 0.0826. The fraction of sp³-hybridized carbons (Fsp3) is 0.133. The van der Waals surface area contributed by atoms with Crippen molar-refractivity contribution in [2.75, 3.05) is 7.11 Å². The molecule has 4 aromatic rings. The van der Waals surface area contributed by atoms with E-state index in [1.54, 1.807) is 12.0 Å². The first-order valence-electron chi connectivity index (χ1n) is 11.7. The zero-order valence-electron chi connectivity index (χ0n) is 20.4. The molecule has 1 heterocycles. The molecule has 0 radical (unpaired) electrons. The molecule has 4 aromatic carbocycles. The average molecular weight is 638 g/mol. The molecule has 0 spiro atoms. The molecule has 37 heavy (non-hydrogen) atoms. The van der Waals surface area contributed by atoms with E-state index in [1.807, 2.05) is 67.6 Å². The number of hydrogen-bond acceptors (Lipinski definition) is 5. The van der Waals surface area contributed by atoms with E-state index in [0.717, 1.165) is 20.3 Å². The number of fused-ring (bicyclic) bond motifs is 1. The van der Waals surface area contributed by atoms with Gasteiger partial charge in [0.15, 0.2) is 11.5 Å². The van der Waals surface area contributed by atoms with Crippen molar-refractivity contribution >= 4 is 73.6 Å². The number of benzene rings is 4. The monoisotopic (exact) mass is 637 g/mol. The fourth-order valence-corrected chi connectivity index (χ4v) is 6.23. The van der Waals surface area contributed by atoms with Crippen LogP contribution in [0.4, 0.5) is 0 Å². The molecule has 1 saturated heterocycles. The summed E-state index contributed by atoms with van der Waals surface area (Å²) in [5.41, 5.74) is 4.20. The highest BCUT2D eigenvalue weighted by molar-refractivity contribution is 14.1. The summed E-state index contributed by atoms with van der Waals surface area (Å²) in [6.45, 7) is 2.93. The number of hydrogen-bond donors (Lipinski definition) is 0. The van der Waals surface area contributed by atoms with Crippen LogP contribution in [0, 0.1) is 10.5 Å². The van der Waals surface area contributed by atoms with Crippen molar-refractivity contribution < 1.29 is 14.3 Å².